The van der Waals surface area contributed by atoms with Gasteiger partial charge in [0.15, 0.2) is 0 Å². The maximum atomic E-state index is 13.6. The molecule has 4 rings (SSSR count). The summed E-state index contributed by atoms with van der Waals surface area (Å²) < 4.78 is 0. The van der Waals surface area contributed by atoms with Crippen LogP contribution in [0.3, 0.4) is 0 Å². The predicted molar refractivity (Wildman–Crippen MR) is 134 cm³/mol. The van der Waals surface area contributed by atoms with Crippen LogP contribution in [0.4, 0.5) is 17.2 Å². The first-order valence-electron chi connectivity index (χ1n) is 11.3. The maximum Gasteiger partial charge on any atom is 0.233 e. The Balaban J connectivity index is 1.43. The van der Waals surface area contributed by atoms with Crippen LogP contribution in [0.2, 0.25) is 0 Å². The second kappa shape index (κ2) is 10.2. The number of para-hydroxylation sites is 2. The number of carbonyl (C=O) groups excluding carboxylic acids is 1. The van der Waals surface area contributed by atoms with Crippen LogP contribution in [0.15, 0.2) is 64.7 Å². The summed E-state index contributed by atoms with van der Waals surface area (Å²) in [5, 5.41) is 3.37. The van der Waals surface area contributed by atoms with Gasteiger partial charge in [0.2, 0.25) is 5.91 Å². The Hall–Kier alpha value is -3.81. The van der Waals surface area contributed by atoms with E-state index in [0.717, 1.165) is 60.5 Å². The van der Waals surface area contributed by atoms with Gasteiger partial charge in [-0.1, -0.05) is 19.1 Å². The van der Waals surface area contributed by atoms with Crippen LogP contribution in [0.5, 0.6) is 0 Å². The molecule has 2 heterocycles. The number of nitrogens with one attached hydrogen (secondary N) is 1. The number of hydrogen-bond donors (Lipinski definition) is 2. The largest absolute Gasteiger partial charge is 0.390 e. The summed E-state index contributed by atoms with van der Waals surface area (Å²) in [5.41, 5.74) is 8.22. The van der Waals surface area contributed by atoms with Crippen molar-refractivity contribution in [3.8, 4) is 0 Å². The van der Waals surface area contributed by atoms with Crippen molar-refractivity contribution in [2.24, 2.45) is 21.1 Å². The monoisotopic (exact) mass is 443 g/mol. The first-order chi connectivity index (χ1) is 16.1. The molecule has 1 aromatic heterocycles. The van der Waals surface area contributed by atoms with Gasteiger partial charge in [-0.15, -0.1) is 0 Å². The highest BCUT2D eigenvalue weighted by molar-refractivity contribution is 5.98. The van der Waals surface area contributed by atoms with Crippen LogP contribution in [0.1, 0.15) is 32.6 Å². The molecule has 2 aromatic carbocycles. The fourth-order valence-electron chi connectivity index (χ4n) is 4.38. The minimum atomic E-state index is -0.387. The topological polar surface area (TPSA) is 109 Å². The van der Waals surface area contributed by atoms with E-state index in [-0.39, 0.29) is 11.3 Å². The third-order valence-electron chi connectivity index (χ3n) is 6.29. The van der Waals surface area contributed by atoms with Gasteiger partial charge in [-0.25, -0.2) is 15.0 Å². The van der Waals surface area contributed by atoms with Crippen LogP contribution in [-0.2, 0) is 4.79 Å². The minimum Gasteiger partial charge on any atom is -0.390 e. The summed E-state index contributed by atoms with van der Waals surface area (Å²) in [7, 11) is 0. The van der Waals surface area contributed by atoms with Gasteiger partial charge in [0.25, 0.3) is 0 Å². The average Bonchev–Trinajstić information content (AvgIpc) is 2.86. The summed E-state index contributed by atoms with van der Waals surface area (Å²) in [6.07, 6.45) is 7.74. The number of fused-ring (bicyclic) bond motifs is 1. The number of anilines is 2. The number of aromatic nitrogens is 2. The summed E-state index contributed by atoms with van der Waals surface area (Å²) in [4.78, 5) is 32.6. The number of hydrogen-bond acceptors (Lipinski definition) is 5. The number of rotatable bonds is 8. The molecule has 33 heavy (non-hydrogen) atoms. The molecule has 0 spiro atoms. The number of carbonyl (C=O) groups is 1. The average molecular weight is 444 g/mol. The molecule has 0 saturated carbocycles. The molecule has 8 heteroatoms. The normalized spacial score (nSPS) is 19.1. The Kier molecular flexibility index (Phi) is 6.92. The number of nitrogens with zero attached hydrogens (tertiary/aromatic N) is 5. The molecule has 0 aliphatic carbocycles. The van der Waals surface area contributed by atoms with E-state index >= 15 is 0 Å². The molecule has 3 N–H and O–H groups in total. The molecule has 1 amide bonds. The van der Waals surface area contributed by atoms with Crippen molar-refractivity contribution in [2.75, 3.05) is 23.3 Å². The quantitative estimate of drug-likeness (QED) is 0.398. The van der Waals surface area contributed by atoms with E-state index in [1.807, 2.05) is 53.4 Å². The minimum absolute atomic E-state index is 0.187. The smallest absolute Gasteiger partial charge is 0.233 e. The van der Waals surface area contributed by atoms with Crippen molar-refractivity contribution in [1.29, 1.82) is 0 Å². The van der Waals surface area contributed by atoms with Crippen molar-refractivity contribution in [3.63, 3.8) is 0 Å². The lowest BCUT2D eigenvalue weighted by Crippen LogP contribution is -2.49. The zero-order valence-electron chi connectivity index (χ0n) is 18.8. The molecule has 1 fully saturated rings. The number of amides is 1. The summed E-state index contributed by atoms with van der Waals surface area (Å²) in [6, 6.07) is 15.4. The van der Waals surface area contributed by atoms with Gasteiger partial charge < -0.3 is 16.0 Å². The fraction of sp³-hybridized carbons (Fsp3) is 0.320. The van der Waals surface area contributed by atoms with Crippen molar-refractivity contribution in [1.82, 2.24) is 9.97 Å². The summed E-state index contributed by atoms with van der Waals surface area (Å²) >= 11 is 0. The molecule has 0 bridgehead atoms. The Labute approximate surface area is 193 Å². The molecule has 1 unspecified atom stereocenters. The zero-order valence-corrected chi connectivity index (χ0v) is 18.8. The third-order valence-corrected chi connectivity index (χ3v) is 6.29. The van der Waals surface area contributed by atoms with E-state index in [0.29, 0.717) is 6.54 Å². The van der Waals surface area contributed by atoms with E-state index in [4.69, 9.17) is 5.73 Å². The van der Waals surface area contributed by atoms with Crippen molar-refractivity contribution < 1.29 is 4.79 Å². The molecule has 0 radical (unpaired) electrons. The van der Waals surface area contributed by atoms with Crippen molar-refractivity contribution >= 4 is 46.8 Å². The Morgan fingerprint density at radius 2 is 1.97 bits per heavy atom. The maximum absolute atomic E-state index is 13.6. The Bertz CT molecular complexity index is 1160. The molecule has 8 nitrogen and oxygen atoms in total. The molecule has 170 valence electrons. The lowest BCUT2D eigenvalue weighted by Gasteiger charge is -2.41. The van der Waals surface area contributed by atoms with Crippen LogP contribution >= 0.6 is 0 Å². The molecular formula is C25H29N7O. The predicted octanol–water partition coefficient (Wildman–Crippen LogP) is 4.30. The van der Waals surface area contributed by atoms with Crippen molar-refractivity contribution in [2.45, 2.75) is 32.6 Å². The second-order valence-corrected chi connectivity index (χ2v) is 8.17. The van der Waals surface area contributed by atoms with Gasteiger partial charge in [0, 0.05) is 18.8 Å². The molecule has 1 aliphatic rings. The first kappa shape index (κ1) is 22.4. The Morgan fingerprint density at radius 3 is 2.73 bits per heavy atom. The van der Waals surface area contributed by atoms with Gasteiger partial charge in [-0.2, -0.15) is 0 Å². The van der Waals surface area contributed by atoms with Crippen LogP contribution < -0.4 is 16.0 Å². The van der Waals surface area contributed by atoms with Crippen LogP contribution in [-0.4, -0.2) is 41.6 Å². The lowest BCUT2D eigenvalue weighted by atomic mass is 9.74. The molecule has 1 aliphatic heterocycles. The van der Waals surface area contributed by atoms with Crippen molar-refractivity contribution in [3.05, 3.63) is 54.7 Å². The van der Waals surface area contributed by atoms with E-state index in [9.17, 15) is 4.79 Å². The highest BCUT2D eigenvalue weighted by Gasteiger charge is 2.42. The van der Waals surface area contributed by atoms with Crippen LogP contribution in [0, 0.1) is 5.41 Å². The molecule has 3 aromatic rings. The molecule has 1 saturated heterocycles. The number of aliphatic imine (C=N–C) groups is 2. The molecule has 1 atom stereocenters. The fourth-order valence-corrected chi connectivity index (χ4v) is 4.38. The standard InChI is InChI=1S/C25H29N7O/c1-2-25(13-14-28-23-16-29-21-6-3-4-7-22(21)31-23)12-5-15-32(24(25)33)20-10-8-19(9-11-20)30-18-27-17-26/h3-4,6-11,16-18H,2,5,12-15H2,1H3,(H,28,31)(H2,26,27,30). The van der Waals surface area contributed by atoms with Gasteiger partial charge in [0.1, 0.15) is 12.2 Å². The van der Waals surface area contributed by atoms with Gasteiger partial charge in [0.05, 0.1) is 34.7 Å². The summed E-state index contributed by atoms with van der Waals surface area (Å²) in [6.45, 7) is 3.49. The Morgan fingerprint density at radius 1 is 1.18 bits per heavy atom. The second-order valence-electron chi connectivity index (χ2n) is 8.17. The van der Waals surface area contributed by atoms with Gasteiger partial charge in [-0.05, 0) is 62.1 Å². The van der Waals surface area contributed by atoms with Gasteiger partial charge in [-0.3, -0.25) is 9.78 Å². The first-order valence-corrected chi connectivity index (χ1v) is 11.3. The third kappa shape index (κ3) is 5.00. The van der Waals surface area contributed by atoms with Crippen LogP contribution in [0.25, 0.3) is 11.0 Å². The number of nitrogens with two attached hydrogens (primary N) is 1. The van der Waals surface area contributed by atoms with E-state index in [1.165, 1.54) is 12.7 Å². The van der Waals surface area contributed by atoms with E-state index < -0.39 is 0 Å². The zero-order chi connectivity index (χ0) is 23.1. The van der Waals surface area contributed by atoms with E-state index in [2.05, 4.69) is 32.2 Å². The highest BCUT2D eigenvalue weighted by atomic mass is 16.2. The highest BCUT2D eigenvalue weighted by Crippen LogP contribution is 2.40. The lowest BCUT2D eigenvalue weighted by molar-refractivity contribution is -0.130. The van der Waals surface area contributed by atoms with E-state index in [1.54, 1.807) is 6.20 Å². The molecular weight excluding hydrogens is 414 g/mol. The SMILES string of the molecule is CCC1(CCNc2cnc3ccccc3n2)CCCN(c2ccc(N=CN=CN)cc2)C1=O. The number of benzene rings is 2. The number of piperidine rings is 1. The summed E-state index contributed by atoms with van der Waals surface area (Å²) in [5.74, 6) is 0.918. The van der Waals surface area contributed by atoms with Gasteiger partial charge >= 0.3 is 0 Å².